The van der Waals surface area contributed by atoms with Crippen LogP contribution < -0.4 is 5.32 Å². The van der Waals surface area contributed by atoms with Crippen LogP contribution in [0, 0.1) is 0 Å². The van der Waals surface area contributed by atoms with Gasteiger partial charge in [0.15, 0.2) is 5.82 Å². The molecule has 0 radical (unpaired) electrons. The molecule has 6 heteroatoms. The average molecular weight is 265 g/mol. The van der Waals surface area contributed by atoms with Crippen molar-refractivity contribution in [2.24, 2.45) is 0 Å². The molecule has 0 amide bonds. The highest BCUT2D eigenvalue weighted by molar-refractivity contribution is 6.30. The van der Waals surface area contributed by atoms with E-state index >= 15 is 0 Å². The third-order valence-corrected chi connectivity index (χ3v) is 2.62. The molecule has 0 saturated heterocycles. The highest BCUT2D eigenvalue weighted by Gasteiger charge is 2.07. The van der Waals surface area contributed by atoms with Crippen molar-refractivity contribution in [2.75, 3.05) is 18.5 Å². The van der Waals surface area contributed by atoms with Crippen LogP contribution >= 0.6 is 11.6 Å². The van der Waals surface area contributed by atoms with Crippen LogP contribution in [-0.4, -0.2) is 33.4 Å². The number of hydrogen-bond donors (Lipinski definition) is 2. The van der Waals surface area contributed by atoms with Crippen molar-refractivity contribution >= 4 is 17.4 Å². The standard InChI is InChI=1S/C12H13ClN4O/c13-10-4-2-9(3-5-10)11-12(14-6-1-7-18)15-8-16-17-11/h2-5,8,18H,1,6-7H2,(H,14,15,16). The summed E-state index contributed by atoms with van der Waals surface area (Å²) in [6.45, 7) is 0.775. The molecule has 0 saturated carbocycles. The number of halogens is 1. The molecule has 2 rings (SSSR count). The van der Waals surface area contributed by atoms with Crippen molar-refractivity contribution in [3.8, 4) is 11.3 Å². The van der Waals surface area contributed by atoms with Crippen LogP contribution in [0.4, 0.5) is 5.82 Å². The van der Waals surface area contributed by atoms with E-state index in [0.29, 0.717) is 29.5 Å². The van der Waals surface area contributed by atoms with Crippen LogP contribution in [0.3, 0.4) is 0 Å². The molecule has 2 aromatic rings. The topological polar surface area (TPSA) is 70.9 Å². The molecule has 1 heterocycles. The fraction of sp³-hybridized carbons (Fsp3) is 0.250. The van der Waals surface area contributed by atoms with Crippen molar-refractivity contribution in [1.82, 2.24) is 15.2 Å². The summed E-state index contributed by atoms with van der Waals surface area (Å²) >= 11 is 5.85. The zero-order valence-electron chi connectivity index (χ0n) is 9.67. The molecule has 18 heavy (non-hydrogen) atoms. The quantitative estimate of drug-likeness (QED) is 0.808. The van der Waals surface area contributed by atoms with E-state index in [1.807, 2.05) is 12.1 Å². The Bertz CT molecular complexity index is 504. The minimum atomic E-state index is 0.141. The van der Waals surface area contributed by atoms with Crippen LogP contribution in [0.5, 0.6) is 0 Å². The second-order valence-corrected chi connectivity index (χ2v) is 4.10. The Morgan fingerprint density at radius 3 is 2.72 bits per heavy atom. The van der Waals surface area contributed by atoms with Crippen LogP contribution in [0.25, 0.3) is 11.3 Å². The van der Waals surface area contributed by atoms with Gasteiger partial charge in [0, 0.05) is 23.7 Å². The SMILES string of the molecule is OCCCNc1ncnnc1-c1ccc(Cl)cc1. The Balaban J connectivity index is 2.23. The maximum Gasteiger partial charge on any atom is 0.156 e. The van der Waals surface area contributed by atoms with E-state index in [1.165, 1.54) is 6.33 Å². The maximum absolute atomic E-state index is 8.76. The molecule has 5 nitrogen and oxygen atoms in total. The lowest BCUT2D eigenvalue weighted by atomic mass is 10.1. The van der Waals surface area contributed by atoms with Crippen molar-refractivity contribution in [2.45, 2.75) is 6.42 Å². The Morgan fingerprint density at radius 2 is 2.00 bits per heavy atom. The number of rotatable bonds is 5. The minimum absolute atomic E-state index is 0.141. The minimum Gasteiger partial charge on any atom is -0.396 e. The number of anilines is 1. The van der Waals surface area contributed by atoms with Gasteiger partial charge in [-0.1, -0.05) is 23.7 Å². The van der Waals surface area contributed by atoms with E-state index in [9.17, 15) is 0 Å². The summed E-state index contributed by atoms with van der Waals surface area (Å²) in [6.07, 6.45) is 2.05. The van der Waals surface area contributed by atoms with Gasteiger partial charge in [-0.25, -0.2) is 4.98 Å². The van der Waals surface area contributed by atoms with E-state index in [-0.39, 0.29) is 6.61 Å². The molecule has 94 valence electrons. The Kier molecular flexibility index (Phi) is 4.44. The van der Waals surface area contributed by atoms with E-state index < -0.39 is 0 Å². The first kappa shape index (κ1) is 12.7. The first-order valence-corrected chi connectivity index (χ1v) is 5.97. The number of aliphatic hydroxyl groups is 1. The molecule has 0 aliphatic heterocycles. The second kappa shape index (κ2) is 6.28. The third-order valence-electron chi connectivity index (χ3n) is 2.37. The lowest BCUT2D eigenvalue weighted by Gasteiger charge is -2.08. The largest absolute Gasteiger partial charge is 0.396 e. The van der Waals surface area contributed by atoms with Gasteiger partial charge in [0.2, 0.25) is 0 Å². The highest BCUT2D eigenvalue weighted by atomic mass is 35.5. The van der Waals surface area contributed by atoms with Gasteiger partial charge in [-0.15, -0.1) is 10.2 Å². The van der Waals surface area contributed by atoms with E-state index in [1.54, 1.807) is 12.1 Å². The van der Waals surface area contributed by atoms with Crippen molar-refractivity contribution in [1.29, 1.82) is 0 Å². The first-order valence-electron chi connectivity index (χ1n) is 5.59. The number of nitrogens with zero attached hydrogens (tertiary/aromatic N) is 3. The van der Waals surface area contributed by atoms with Crippen LogP contribution in [0.15, 0.2) is 30.6 Å². The van der Waals surface area contributed by atoms with Crippen molar-refractivity contribution < 1.29 is 5.11 Å². The molecule has 0 aliphatic rings. The fourth-order valence-corrected chi connectivity index (χ4v) is 1.62. The average Bonchev–Trinajstić information content (AvgIpc) is 2.41. The van der Waals surface area contributed by atoms with Gasteiger partial charge >= 0.3 is 0 Å². The van der Waals surface area contributed by atoms with Gasteiger partial charge < -0.3 is 10.4 Å². The predicted molar refractivity (Wildman–Crippen MR) is 70.5 cm³/mol. The van der Waals surface area contributed by atoms with Gasteiger partial charge in [0.25, 0.3) is 0 Å². The van der Waals surface area contributed by atoms with Crippen LogP contribution in [0.2, 0.25) is 5.02 Å². The fourth-order valence-electron chi connectivity index (χ4n) is 1.49. The molecule has 0 aliphatic carbocycles. The molecule has 0 spiro atoms. The molecule has 0 atom stereocenters. The van der Waals surface area contributed by atoms with Gasteiger partial charge in [-0.05, 0) is 18.6 Å². The van der Waals surface area contributed by atoms with E-state index in [0.717, 1.165) is 5.56 Å². The highest BCUT2D eigenvalue weighted by Crippen LogP contribution is 2.24. The molecular formula is C12H13ClN4O. The van der Waals surface area contributed by atoms with Gasteiger partial charge in [-0.2, -0.15) is 0 Å². The van der Waals surface area contributed by atoms with Gasteiger partial charge in [0.05, 0.1) is 0 Å². The molecule has 1 aromatic carbocycles. The molecule has 0 fully saturated rings. The lowest BCUT2D eigenvalue weighted by Crippen LogP contribution is -2.07. The summed E-state index contributed by atoms with van der Waals surface area (Å²) in [5, 5.41) is 20.4. The third kappa shape index (κ3) is 3.15. The Labute approximate surface area is 110 Å². The van der Waals surface area contributed by atoms with Gasteiger partial charge in [-0.3, -0.25) is 0 Å². The molecule has 0 bridgehead atoms. The van der Waals surface area contributed by atoms with Crippen LogP contribution in [-0.2, 0) is 0 Å². The van der Waals surface area contributed by atoms with Crippen molar-refractivity contribution in [3.05, 3.63) is 35.6 Å². The summed E-state index contributed by atoms with van der Waals surface area (Å²) in [6, 6.07) is 7.32. The summed E-state index contributed by atoms with van der Waals surface area (Å²) in [7, 11) is 0. The predicted octanol–water partition coefficient (Wildman–Crippen LogP) is 1.99. The molecular weight excluding hydrogens is 252 g/mol. The number of hydrogen-bond acceptors (Lipinski definition) is 5. The lowest BCUT2D eigenvalue weighted by molar-refractivity contribution is 0.292. The maximum atomic E-state index is 8.76. The van der Waals surface area contributed by atoms with Crippen molar-refractivity contribution in [3.63, 3.8) is 0 Å². The van der Waals surface area contributed by atoms with E-state index in [2.05, 4.69) is 20.5 Å². The first-order chi connectivity index (χ1) is 8.81. The van der Waals surface area contributed by atoms with Gasteiger partial charge in [0.1, 0.15) is 12.0 Å². The number of nitrogens with one attached hydrogen (secondary N) is 1. The zero-order chi connectivity index (χ0) is 12.8. The van der Waals surface area contributed by atoms with E-state index in [4.69, 9.17) is 16.7 Å². The normalized spacial score (nSPS) is 10.3. The summed E-state index contributed by atoms with van der Waals surface area (Å²) in [5.74, 6) is 0.653. The Hall–Kier alpha value is -1.72. The number of aliphatic hydroxyl groups excluding tert-OH is 1. The molecule has 2 N–H and O–H groups in total. The molecule has 0 unspecified atom stereocenters. The monoisotopic (exact) mass is 264 g/mol. The summed E-state index contributed by atoms with van der Waals surface area (Å²) < 4.78 is 0. The number of benzene rings is 1. The summed E-state index contributed by atoms with van der Waals surface area (Å²) in [4.78, 5) is 4.15. The second-order valence-electron chi connectivity index (χ2n) is 3.67. The number of aromatic nitrogens is 3. The smallest absolute Gasteiger partial charge is 0.156 e. The van der Waals surface area contributed by atoms with Crippen LogP contribution in [0.1, 0.15) is 6.42 Å². The molecule has 1 aromatic heterocycles. The summed E-state index contributed by atoms with van der Waals surface area (Å²) in [5.41, 5.74) is 1.57. The zero-order valence-corrected chi connectivity index (χ0v) is 10.4. The Morgan fingerprint density at radius 1 is 1.22 bits per heavy atom.